The molecule has 20 nitrogen and oxygen atoms in total. The van der Waals surface area contributed by atoms with Gasteiger partial charge in [-0.05, 0) is 6.07 Å². The van der Waals surface area contributed by atoms with E-state index in [0.29, 0.717) is 0 Å². The molecular weight excluding hydrogens is 610 g/mol. The van der Waals surface area contributed by atoms with Crippen molar-refractivity contribution in [3.63, 3.8) is 0 Å². The maximum absolute atomic E-state index is 12.8. The number of rotatable bonds is 9. The maximum Gasteiger partial charge on any atom is 0.469 e. The van der Waals surface area contributed by atoms with Crippen molar-refractivity contribution < 1.29 is 62.5 Å². The molecule has 2 saturated heterocycles. The van der Waals surface area contributed by atoms with Crippen molar-refractivity contribution in [3.8, 4) is 5.75 Å². The smallest absolute Gasteiger partial charge is 0.469 e. The van der Waals surface area contributed by atoms with Gasteiger partial charge in [-0.3, -0.25) is 23.4 Å². The van der Waals surface area contributed by atoms with Crippen molar-refractivity contribution >= 4 is 32.8 Å². The summed E-state index contributed by atoms with van der Waals surface area (Å²) in [7, 11) is -9.81. The number of phosphoric ester groups is 2. The number of pyridine rings is 1. The number of nitrogens with one attached hydrogen (secondary N) is 1. The minimum Gasteiger partial charge on any atom is -0.508 e. The molecule has 1 unspecified atom stereocenters. The lowest BCUT2D eigenvalue weighted by Crippen LogP contribution is -2.27. The summed E-state index contributed by atoms with van der Waals surface area (Å²) in [5.74, 6) is -0.503. The van der Waals surface area contributed by atoms with E-state index in [0.717, 1.165) is 0 Å². The Labute approximate surface area is 233 Å². The Morgan fingerprint density at radius 2 is 1.57 bits per heavy atom. The molecule has 6 atom stereocenters. The first-order valence-electron chi connectivity index (χ1n) is 12.2. The molecule has 2 aliphatic rings. The van der Waals surface area contributed by atoms with Crippen LogP contribution in [0.1, 0.15) is 25.3 Å². The van der Waals surface area contributed by atoms with Crippen molar-refractivity contribution in [1.29, 1.82) is 0 Å². The number of fused-ring (bicyclic) bond motifs is 1. The van der Waals surface area contributed by atoms with Gasteiger partial charge in [0.1, 0.15) is 48.1 Å². The second-order valence-corrected chi connectivity index (χ2v) is 11.7. The Hall–Kier alpha value is -2.84. The van der Waals surface area contributed by atoms with Crippen molar-refractivity contribution in [2.45, 2.75) is 49.7 Å². The molecule has 5 heterocycles. The first-order valence-corrected chi connectivity index (χ1v) is 15.2. The van der Waals surface area contributed by atoms with Crippen LogP contribution in [0.15, 0.2) is 34.4 Å². The lowest BCUT2D eigenvalue weighted by atomic mass is 10.2. The second kappa shape index (κ2) is 11.7. The van der Waals surface area contributed by atoms with Crippen LogP contribution in [0.2, 0.25) is 0 Å². The predicted octanol–water partition coefficient (Wildman–Crippen LogP) is -1.63. The second-order valence-electron chi connectivity index (χ2n) is 9.34. The Morgan fingerprint density at radius 3 is 2.12 bits per heavy atom. The van der Waals surface area contributed by atoms with E-state index < -0.39 is 71.3 Å². The zero-order valence-electron chi connectivity index (χ0n) is 21.2. The molecule has 8 N–H and O–H groups in total. The first kappa shape index (κ1) is 30.6. The lowest BCUT2D eigenvalue weighted by molar-refractivity contribution is -0.0450. The van der Waals surface area contributed by atoms with Gasteiger partial charge in [0.2, 0.25) is 5.95 Å². The number of hydrogen-bond acceptors (Lipinski definition) is 13. The molecule has 230 valence electrons. The van der Waals surface area contributed by atoms with Gasteiger partial charge in [0, 0.05) is 25.1 Å². The number of H-pyrrole nitrogens is 1. The van der Waals surface area contributed by atoms with Crippen LogP contribution in [0, 0.1) is 0 Å². The van der Waals surface area contributed by atoms with Crippen molar-refractivity contribution in [2.24, 2.45) is 4.99 Å². The van der Waals surface area contributed by atoms with E-state index in [4.69, 9.17) is 18.5 Å². The van der Waals surface area contributed by atoms with Crippen LogP contribution in [0.4, 0.5) is 5.95 Å². The van der Waals surface area contributed by atoms with Crippen LogP contribution in [0.25, 0.3) is 11.2 Å². The summed E-state index contributed by atoms with van der Waals surface area (Å²) in [6, 6.07) is 2.49. The van der Waals surface area contributed by atoms with Crippen LogP contribution in [0.5, 0.6) is 5.75 Å². The molecule has 0 radical (unpaired) electrons. The highest BCUT2D eigenvalue weighted by Crippen LogP contribution is 2.44. The third-order valence-corrected chi connectivity index (χ3v) is 7.57. The summed E-state index contributed by atoms with van der Waals surface area (Å²) in [6.07, 6.45) is -4.15. The van der Waals surface area contributed by atoms with Gasteiger partial charge in [-0.15, -0.1) is 0 Å². The van der Waals surface area contributed by atoms with Gasteiger partial charge in [-0.1, -0.05) is 0 Å². The molecule has 3 aromatic rings. The number of aliphatic hydroxyl groups excluding tert-OH is 2. The molecule has 0 saturated carbocycles. The number of ether oxygens (including phenoxy) is 2. The molecule has 0 amide bonds. The number of hydrogen-bond donors (Lipinski definition) is 8. The third kappa shape index (κ3) is 6.70. The van der Waals surface area contributed by atoms with E-state index in [2.05, 4.69) is 19.9 Å². The Morgan fingerprint density at radius 1 is 1.00 bits per heavy atom. The normalized spacial score (nSPS) is 27.3. The lowest BCUT2D eigenvalue weighted by Gasteiger charge is -2.17. The van der Waals surface area contributed by atoms with E-state index in [-0.39, 0.29) is 41.2 Å². The average molecular weight is 636 g/mol. The molecule has 2 aliphatic heterocycles. The zero-order valence-corrected chi connectivity index (χ0v) is 23.0. The van der Waals surface area contributed by atoms with Crippen LogP contribution >= 0.6 is 15.6 Å². The Bertz CT molecular complexity index is 1680. The van der Waals surface area contributed by atoms with Gasteiger partial charge in [0.25, 0.3) is 5.56 Å². The van der Waals surface area contributed by atoms with Gasteiger partial charge < -0.3 is 48.9 Å². The molecule has 0 spiro atoms. The monoisotopic (exact) mass is 636 g/mol. The van der Waals surface area contributed by atoms with E-state index in [1.807, 2.05) is 0 Å². The first-order chi connectivity index (χ1) is 19.7. The van der Waals surface area contributed by atoms with Crippen LogP contribution in [-0.2, 0) is 27.7 Å². The number of imidazole rings is 1. The Balaban J connectivity index is 1.51. The van der Waals surface area contributed by atoms with Gasteiger partial charge in [0.15, 0.2) is 11.2 Å². The highest BCUT2D eigenvalue weighted by molar-refractivity contribution is 7.46. The predicted molar refractivity (Wildman–Crippen MR) is 135 cm³/mol. The molecule has 0 aromatic carbocycles. The third-order valence-electron chi connectivity index (χ3n) is 6.47. The Kier molecular flexibility index (Phi) is 8.52. The van der Waals surface area contributed by atoms with Gasteiger partial charge >= 0.3 is 15.6 Å². The number of aromatic hydroxyl groups is 1. The van der Waals surface area contributed by atoms with E-state index in [1.54, 1.807) is 0 Å². The summed E-state index contributed by atoms with van der Waals surface area (Å²) in [6.45, 7) is -1.22. The van der Waals surface area contributed by atoms with E-state index in [1.165, 1.54) is 33.8 Å². The minimum absolute atomic E-state index is 0.0188. The molecular formula is C20H26N6O14P2. The average Bonchev–Trinajstić information content (AvgIpc) is 3.59. The molecule has 5 rings (SSSR count). The van der Waals surface area contributed by atoms with Crippen LogP contribution in [-0.4, -0.2) is 96.6 Å². The van der Waals surface area contributed by atoms with E-state index >= 15 is 0 Å². The molecule has 0 bridgehead atoms. The summed E-state index contributed by atoms with van der Waals surface area (Å²) >= 11 is 0. The SMILES string of the molecule is O=c1[nH]c(N=c2cc(O)ccn2[C@H]2C[C@@H](OP(=O)(O)O)[C@@H](CO)O2)nc2c1ncn2[C@H]1CC(OP(=O)(O)O)[C@@H](CO)O1. The highest BCUT2D eigenvalue weighted by Gasteiger charge is 2.42. The summed E-state index contributed by atoms with van der Waals surface area (Å²) in [5.41, 5.74) is -0.884. The molecule has 0 aliphatic carbocycles. The fourth-order valence-electron chi connectivity index (χ4n) is 4.75. The summed E-state index contributed by atoms with van der Waals surface area (Å²) < 4.78 is 46.2. The standard InChI is InChI=1S/C20H26N6O14P2/c27-6-12-10(39-41(31,32)33)4-15(37-12)25-2-1-9(29)3-14(25)22-20-23-18-17(19(30)24-20)21-8-26(18)16-5-11(13(7-28)38-16)40-42(34,35)36/h1-3,8,10-13,15-16,27-29H,4-7H2,(H,23,24,30)(H2,31,32,33)(H2,34,35,36)/t10-,11?,12-,13-,15-,16-/m1/s1. The number of aliphatic hydroxyl groups is 2. The fraction of sp³-hybridized carbons (Fsp3) is 0.500. The number of aromatic amines is 1. The van der Waals surface area contributed by atoms with Crippen molar-refractivity contribution in [1.82, 2.24) is 24.1 Å². The molecule has 22 heteroatoms. The topological polar surface area (TPSA) is 294 Å². The van der Waals surface area contributed by atoms with Gasteiger partial charge in [0.05, 0.1) is 19.5 Å². The number of aromatic nitrogens is 5. The van der Waals surface area contributed by atoms with E-state index in [9.17, 15) is 48.8 Å². The van der Waals surface area contributed by atoms with Gasteiger partial charge in [-0.2, -0.15) is 9.98 Å². The largest absolute Gasteiger partial charge is 0.508 e. The van der Waals surface area contributed by atoms with Crippen molar-refractivity contribution in [3.05, 3.63) is 40.5 Å². The van der Waals surface area contributed by atoms with Crippen LogP contribution < -0.4 is 11.0 Å². The molecule has 42 heavy (non-hydrogen) atoms. The minimum atomic E-state index is -4.91. The highest BCUT2D eigenvalue weighted by atomic mass is 31.2. The van der Waals surface area contributed by atoms with Crippen molar-refractivity contribution in [2.75, 3.05) is 13.2 Å². The fourth-order valence-corrected chi connectivity index (χ4v) is 5.90. The summed E-state index contributed by atoms with van der Waals surface area (Å²) in [4.78, 5) is 64.7. The molecule has 3 aromatic heterocycles. The zero-order chi connectivity index (χ0) is 30.4. The van der Waals surface area contributed by atoms with Crippen LogP contribution in [0.3, 0.4) is 0 Å². The quantitative estimate of drug-likeness (QED) is 0.122. The van der Waals surface area contributed by atoms with Gasteiger partial charge in [-0.25, -0.2) is 14.1 Å². The molecule has 2 fully saturated rings. The maximum atomic E-state index is 12.8. The summed E-state index contributed by atoms with van der Waals surface area (Å²) in [5, 5.41) is 29.3. The number of phosphoric acid groups is 2. The number of nitrogens with zero attached hydrogens (tertiary/aromatic N) is 5.